The van der Waals surface area contributed by atoms with Gasteiger partial charge < -0.3 is 9.47 Å². The van der Waals surface area contributed by atoms with Crippen molar-refractivity contribution in [2.75, 3.05) is 38.1 Å². The molecule has 0 bridgehead atoms. The third-order valence-electron chi connectivity index (χ3n) is 4.24. The van der Waals surface area contributed by atoms with Gasteiger partial charge in [-0.15, -0.1) is 0 Å². The minimum Gasteiger partial charge on any atom is -0.495 e. The highest BCUT2D eigenvalue weighted by Crippen LogP contribution is 2.37. The van der Waals surface area contributed by atoms with Crippen LogP contribution in [0.2, 0.25) is 10.0 Å². The molecule has 158 valence electrons. The van der Waals surface area contributed by atoms with Crippen LogP contribution in [0, 0.1) is 0 Å². The van der Waals surface area contributed by atoms with Crippen molar-refractivity contribution in [3.8, 4) is 5.75 Å². The fourth-order valence-corrected chi connectivity index (χ4v) is 6.03. The van der Waals surface area contributed by atoms with E-state index in [9.17, 15) is 16.8 Å². The van der Waals surface area contributed by atoms with Crippen LogP contribution < -0.4 is 9.46 Å². The summed E-state index contributed by atoms with van der Waals surface area (Å²) in [6, 6.07) is 8.07. The zero-order chi connectivity index (χ0) is 21.2. The Morgan fingerprint density at radius 3 is 2.17 bits per heavy atom. The van der Waals surface area contributed by atoms with Crippen LogP contribution in [0.4, 0.5) is 5.69 Å². The molecule has 0 unspecified atom stereocenters. The minimum absolute atomic E-state index is 0.0241. The molecule has 0 radical (unpaired) electrons. The Balaban J connectivity index is 1.83. The maximum atomic E-state index is 12.7. The molecule has 0 amide bonds. The lowest BCUT2D eigenvalue weighted by Crippen LogP contribution is -2.40. The van der Waals surface area contributed by atoms with Gasteiger partial charge in [0.1, 0.15) is 15.7 Å². The molecule has 1 fully saturated rings. The molecule has 0 atom stereocenters. The van der Waals surface area contributed by atoms with Crippen LogP contribution in [0.25, 0.3) is 0 Å². The van der Waals surface area contributed by atoms with E-state index >= 15 is 0 Å². The van der Waals surface area contributed by atoms with Gasteiger partial charge in [0.2, 0.25) is 10.0 Å². The summed E-state index contributed by atoms with van der Waals surface area (Å²) >= 11 is 12.1. The van der Waals surface area contributed by atoms with E-state index in [2.05, 4.69) is 4.72 Å². The zero-order valence-electron chi connectivity index (χ0n) is 15.3. The molecule has 1 heterocycles. The molecule has 0 aliphatic carbocycles. The highest BCUT2D eigenvalue weighted by atomic mass is 35.5. The van der Waals surface area contributed by atoms with E-state index < -0.39 is 20.0 Å². The Morgan fingerprint density at radius 1 is 0.966 bits per heavy atom. The monoisotopic (exact) mass is 480 g/mol. The van der Waals surface area contributed by atoms with Gasteiger partial charge in [0, 0.05) is 18.8 Å². The van der Waals surface area contributed by atoms with Gasteiger partial charge in [0.25, 0.3) is 10.0 Å². The van der Waals surface area contributed by atoms with Gasteiger partial charge in [-0.1, -0.05) is 23.2 Å². The van der Waals surface area contributed by atoms with Crippen molar-refractivity contribution in [3.05, 3.63) is 46.4 Å². The molecule has 0 spiro atoms. The van der Waals surface area contributed by atoms with E-state index in [-0.39, 0.29) is 44.4 Å². The van der Waals surface area contributed by atoms with Gasteiger partial charge in [0.05, 0.1) is 30.2 Å². The second-order valence-electron chi connectivity index (χ2n) is 6.04. The van der Waals surface area contributed by atoms with E-state index in [1.807, 2.05) is 0 Å². The summed E-state index contributed by atoms with van der Waals surface area (Å²) in [4.78, 5) is -0.164. The topological polar surface area (TPSA) is 102 Å². The molecular formula is C17H18Cl2N2O6S2. The predicted molar refractivity (Wildman–Crippen MR) is 110 cm³/mol. The number of nitrogens with zero attached hydrogens (tertiary/aromatic N) is 1. The molecule has 2 aromatic carbocycles. The highest BCUT2D eigenvalue weighted by molar-refractivity contribution is 7.92. The van der Waals surface area contributed by atoms with Gasteiger partial charge in [-0.3, -0.25) is 4.72 Å². The molecule has 1 aliphatic heterocycles. The van der Waals surface area contributed by atoms with Crippen molar-refractivity contribution in [1.82, 2.24) is 4.31 Å². The van der Waals surface area contributed by atoms with Crippen LogP contribution in [0.1, 0.15) is 0 Å². The minimum atomic E-state index is -4.06. The second kappa shape index (κ2) is 8.66. The molecule has 1 saturated heterocycles. The maximum Gasteiger partial charge on any atom is 0.263 e. The molecule has 1 N–H and O–H groups in total. The number of ether oxygens (including phenoxy) is 2. The standard InChI is InChI=1S/C17H18Cl2N2O6S2/c1-26-14-6-7-15(17(19)16(14)18)28(22,23)20-12-2-4-13(5-3-12)29(24,25)21-8-10-27-11-9-21/h2-7,20H,8-11H2,1H3. The fourth-order valence-electron chi connectivity index (χ4n) is 2.72. The number of hydrogen-bond acceptors (Lipinski definition) is 6. The average Bonchev–Trinajstić information content (AvgIpc) is 2.70. The number of hydrogen-bond donors (Lipinski definition) is 1. The van der Waals surface area contributed by atoms with Crippen molar-refractivity contribution in [1.29, 1.82) is 0 Å². The first-order valence-electron chi connectivity index (χ1n) is 8.39. The predicted octanol–water partition coefficient (Wildman–Crippen LogP) is 2.82. The van der Waals surface area contributed by atoms with Crippen molar-refractivity contribution in [3.63, 3.8) is 0 Å². The fraction of sp³-hybridized carbons (Fsp3) is 0.294. The zero-order valence-corrected chi connectivity index (χ0v) is 18.4. The van der Waals surface area contributed by atoms with Gasteiger partial charge in [0.15, 0.2) is 0 Å². The molecule has 0 saturated carbocycles. The largest absolute Gasteiger partial charge is 0.495 e. The summed E-state index contributed by atoms with van der Waals surface area (Å²) in [5.41, 5.74) is 0.175. The Hall–Kier alpha value is -1.56. The number of anilines is 1. The Morgan fingerprint density at radius 2 is 1.59 bits per heavy atom. The first-order valence-corrected chi connectivity index (χ1v) is 12.1. The van der Waals surface area contributed by atoms with Gasteiger partial charge in [-0.25, -0.2) is 16.8 Å². The summed E-state index contributed by atoms with van der Waals surface area (Å²) in [6.45, 7) is 1.21. The van der Waals surface area contributed by atoms with Gasteiger partial charge in [-0.05, 0) is 36.4 Å². The van der Waals surface area contributed by atoms with Gasteiger partial charge >= 0.3 is 0 Å². The van der Waals surface area contributed by atoms with Gasteiger partial charge in [-0.2, -0.15) is 4.31 Å². The molecule has 29 heavy (non-hydrogen) atoms. The van der Waals surface area contributed by atoms with Crippen LogP contribution in [0.3, 0.4) is 0 Å². The summed E-state index contributed by atoms with van der Waals surface area (Å²) < 4.78 is 64.5. The molecular weight excluding hydrogens is 463 g/mol. The quantitative estimate of drug-likeness (QED) is 0.681. The number of benzene rings is 2. The lowest BCUT2D eigenvalue weighted by molar-refractivity contribution is 0.0730. The Bertz CT molecular complexity index is 1100. The number of halogens is 2. The average molecular weight is 481 g/mol. The van der Waals surface area contributed by atoms with Crippen molar-refractivity contribution >= 4 is 48.9 Å². The summed E-state index contributed by atoms with van der Waals surface area (Å²) in [5.74, 6) is 0.244. The Labute approximate surface area is 179 Å². The normalized spacial score (nSPS) is 15.8. The smallest absolute Gasteiger partial charge is 0.263 e. The van der Waals surface area contributed by atoms with Crippen molar-refractivity contribution in [2.24, 2.45) is 0 Å². The van der Waals surface area contributed by atoms with Crippen molar-refractivity contribution < 1.29 is 26.3 Å². The van der Waals surface area contributed by atoms with E-state index in [0.717, 1.165) is 0 Å². The summed E-state index contributed by atoms with van der Waals surface area (Å²) in [7, 11) is -6.34. The molecule has 12 heteroatoms. The summed E-state index contributed by atoms with van der Waals surface area (Å²) in [5, 5.41) is -0.200. The maximum absolute atomic E-state index is 12.7. The van der Waals surface area contributed by atoms with E-state index in [1.54, 1.807) is 0 Å². The van der Waals surface area contributed by atoms with Crippen LogP contribution in [0.15, 0.2) is 46.2 Å². The third kappa shape index (κ3) is 4.62. The lowest BCUT2D eigenvalue weighted by atomic mass is 10.3. The number of rotatable bonds is 6. The highest BCUT2D eigenvalue weighted by Gasteiger charge is 2.27. The molecule has 8 nitrogen and oxygen atoms in total. The number of nitrogens with one attached hydrogen (secondary N) is 1. The second-order valence-corrected chi connectivity index (χ2v) is 10.4. The first kappa shape index (κ1) is 22.1. The lowest BCUT2D eigenvalue weighted by Gasteiger charge is -2.26. The SMILES string of the molecule is COc1ccc(S(=O)(=O)Nc2ccc(S(=O)(=O)N3CCOCC3)cc2)c(Cl)c1Cl. The van der Waals surface area contributed by atoms with E-state index in [1.165, 1.54) is 47.8 Å². The van der Waals surface area contributed by atoms with Crippen LogP contribution in [-0.4, -0.2) is 54.6 Å². The molecule has 1 aliphatic rings. The van der Waals surface area contributed by atoms with E-state index in [4.69, 9.17) is 32.7 Å². The third-order valence-corrected chi connectivity index (χ3v) is 8.55. The first-order chi connectivity index (χ1) is 13.7. The van der Waals surface area contributed by atoms with E-state index in [0.29, 0.717) is 13.2 Å². The number of sulfonamides is 2. The van der Waals surface area contributed by atoms with Crippen LogP contribution in [-0.2, 0) is 24.8 Å². The Kier molecular flexibility index (Phi) is 6.61. The number of methoxy groups -OCH3 is 1. The summed E-state index contributed by atoms with van der Waals surface area (Å²) in [6.07, 6.45) is 0. The molecule has 3 rings (SSSR count). The number of morpholine rings is 1. The van der Waals surface area contributed by atoms with Crippen LogP contribution in [0.5, 0.6) is 5.75 Å². The molecule has 2 aromatic rings. The molecule has 0 aromatic heterocycles. The van der Waals surface area contributed by atoms with Crippen LogP contribution >= 0.6 is 23.2 Å². The van der Waals surface area contributed by atoms with Crippen molar-refractivity contribution in [2.45, 2.75) is 9.79 Å².